The predicted octanol–water partition coefficient (Wildman–Crippen LogP) is 0.438. The zero-order valence-corrected chi connectivity index (χ0v) is 14.6. The van der Waals surface area contributed by atoms with Gasteiger partial charge in [0.1, 0.15) is 0 Å². The minimum atomic E-state index is -3.85. The van der Waals surface area contributed by atoms with E-state index in [1.54, 1.807) is 13.0 Å². The second-order valence-corrected chi connectivity index (χ2v) is 9.78. The maximum absolute atomic E-state index is 12.1. The first kappa shape index (κ1) is 17.9. The van der Waals surface area contributed by atoms with E-state index < -0.39 is 25.8 Å². The molecule has 0 saturated carbocycles. The fraction of sp³-hybridized carbons (Fsp3) is 0.500. The monoisotopic (exact) mass is 360 g/mol. The molecular formula is C14H20N2O5S2. The summed E-state index contributed by atoms with van der Waals surface area (Å²) in [5.74, 6) is -0.741. The smallest absolute Gasteiger partial charge is 0.257 e. The van der Waals surface area contributed by atoms with Crippen LogP contribution >= 0.6 is 0 Å². The van der Waals surface area contributed by atoms with Gasteiger partial charge in [0.05, 0.1) is 16.4 Å². The molecule has 0 radical (unpaired) electrons. The predicted molar refractivity (Wildman–Crippen MR) is 85.8 cm³/mol. The molecule has 7 nitrogen and oxygen atoms in total. The Morgan fingerprint density at radius 3 is 2.52 bits per heavy atom. The molecule has 1 aromatic rings. The van der Waals surface area contributed by atoms with Crippen molar-refractivity contribution in [3.63, 3.8) is 0 Å². The molecular weight excluding hydrogens is 340 g/mol. The van der Waals surface area contributed by atoms with Crippen molar-refractivity contribution in [1.82, 2.24) is 10.3 Å². The van der Waals surface area contributed by atoms with E-state index in [1.807, 2.05) is 11.8 Å². The molecule has 1 atom stereocenters. The summed E-state index contributed by atoms with van der Waals surface area (Å²) in [5.41, 5.74) is 3.94. The molecule has 9 heteroatoms. The Labute approximate surface area is 136 Å². The van der Waals surface area contributed by atoms with E-state index in [9.17, 15) is 21.6 Å². The molecule has 2 rings (SSSR count). The molecule has 1 heterocycles. The largest absolute Gasteiger partial charge is 0.278 e. The van der Waals surface area contributed by atoms with Crippen LogP contribution in [0.4, 0.5) is 0 Å². The third-order valence-corrected chi connectivity index (χ3v) is 7.00. The first-order valence-corrected chi connectivity index (χ1v) is 10.5. The number of carbonyl (C=O) groups is 1. The van der Waals surface area contributed by atoms with Gasteiger partial charge in [-0.3, -0.25) is 10.2 Å². The van der Waals surface area contributed by atoms with E-state index in [-0.39, 0.29) is 28.7 Å². The van der Waals surface area contributed by atoms with Gasteiger partial charge in [-0.05, 0) is 49.4 Å². The number of sulfone groups is 1. The van der Waals surface area contributed by atoms with Crippen LogP contribution in [0.15, 0.2) is 23.1 Å². The fourth-order valence-electron chi connectivity index (χ4n) is 2.41. The molecule has 1 aromatic carbocycles. The average Bonchev–Trinajstić information content (AvgIpc) is 2.78. The number of hydrogen-bond donors (Lipinski definition) is 2. The summed E-state index contributed by atoms with van der Waals surface area (Å²) in [6, 6.07) is 4.67. The number of sulfonamides is 1. The van der Waals surface area contributed by atoms with Crippen molar-refractivity contribution in [2.45, 2.75) is 31.6 Å². The third-order valence-electron chi connectivity index (χ3n) is 3.91. The van der Waals surface area contributed by atoms with E-state index in [0.29, 0.717) is 6.42 Å². The highest BCUT2D eigenvalue weighted by atomic mass is 32.2. The number of nitrogens with one attached hydrogen (secondary N) is 2. The molecule has 1 fully saturated rings. The quantitative estimate of drug-likeness (QED) is 0.741. The Kier molecular flexibility index (Phi) is 5.12. The number of benzene rings is 1. The highest BCUT2D eigenvalue weighted by molar-refractivity contribution is 7.91. The first-order chi connectivity index (χ1) is 10.6. The molecule has 1 aliphatic rings. The van der Waals surface area contributed by atoms with Crippen molar-refractivity contribution in [2.75, 3.05) is 11.5 Å². The Morgan fingerprint density at radius 2 is 1.96 bits per heavy atom. The maximum Gasteiger partial charge on any atom is 0.257 e. The van der Waals surface area contributed by atoms with Gasteiger partial charge in [0.25, 0.3) is 10.0 Å². The van der Waals surface area contributed by atoms with Crippen LogP contribution in [0.5, 0.6) is 0 Å². The summed E-state index contributed by atoms with van der Waals surface area (Å²) in [5, 5.41) is 0. The lowest BCUT2D eigenvalue weighted by Gasteiger charge is -2.11. The SMILES string of the molecule is Cc1ccc(S(=O)(=O)NNC(=O)C[C@@H]2CCS(=O)(=O)C2)cc1C. The molecule has 2 N–H and O–H groups in total. The second kappa shape index (κ2) is 6.58. The number of aryl methyl sites for hydroxylation is 2. The summed E-state index contributed by atoms with van der Waals surface area (Å²) in [7, 11) is -6.91. The number of amides is 1. The van der Waals surface area contributed by atoms with E-state index in [1.165, 1.54) is 12.1 Å². The van der Waals surface area contributed by atoms with E-state index in [2.05, 4.69) is 5.43 Å². The standard InChI is InChI=1S/C14H20N2O5S2/c1-10-3-4-13(7-11(10)2)23(20,21)16-15-14(17)8-12-5-6-22(18,19)9-12/h3-4,7,12,16H,5-6,8-9H2,1-2H3,(H,15,17)/t12-/m0/s1. The van der Waals surface area contributed by atoms with Crippen LogP contribution < -0.4 is 10.3 Å². The Hall–Kier alpha value is -1.45. The number of hydrazine groups is 1. The molecule has 128 valence electrons. The van der Waals surface area contributed by atoms with Gasteiger partial charge in [0.2, 0.25) is 5.91 Å². The van der Waals surface area contributed by atoms with Gasteiger partial charge in [-0.1, -0.05) is 6.07 Å². The molecule has 1 saturated heterocycles. The number of carbonyl (C=O) groups excluding carboxylic acids is 1. The third kappa shape index (κ3) is 4.76. The van der Waals surface area contributed by atoms with Gasteiger partial charge in [0.15, 0.2) is 9.84 Å². The number of hydrogen-bond acceptors (Lipinski definition) is 5. The van der Waals surface area contributed by atoms with Crippen molar-refractivity contribution >= 4 is 25.8 Å². The molecule has 0 spiro atoms. The Morgan fingerprint density at radius 1 is 1.26 bits per heavy atom. The summed E-state index contributed by atoms with van der Waals surface area (Å²) < 4.78 is 46.9. The lowest BCUT2D eigenvalue weighted by Crippen LogP contribution is -2.42. The first-order valence-electron chi connectivity index (χ1n) is 7.17. The highest BCUT2D eigenvalue weighted by Crippen LogP contribution is 2.21. The fourth-order valence-corrected chi connectivity index (χ4v) is 5.22. The molecule has 0 aliphatic carbocycles. The lowest BCUT2D eigenvalue weighted by atomic mass is 10.1. The summed E-state index contributed by atoms with van der Waals surface area (Å²) >= 11 is 0. The second-order valence-electron chi connectivity index (χ2n) is 5.87. The van der Waals surface area contributed by atoms with Gasteiger partial charge in [0, 0.05) is 6.42 Å². The van der Waals surface area contributed by atoms with Crippen LogP contribution in [0.3, 0.4) is 0 Å². The zero-order chi connectivity index (χ0) is 17.3. The van der Waals surface area contributed by atoms with Gasteiger partial charge in [-0.15, -0.1) is 4.83 Å². The van der Waals surface area contributed by atoms with Crippen molar-refractivity contribution in [1.29, 1.82) is 0 Å². The summed E-state index contributed by atoms with van der Waals surface area (Å²) in [4.78, 5) is 13.9. The molecule has 1 amide bonds. The van der Waals surface area contributed by atoms with Gasteiger partial charge < -0.3 is 0 Å². The van der Waals surface area contributed by atoms with Crippen molar-refractivity contribution in [2.24, 2.45) is 5.92 Å². The number of rotatable bonds is 5. The molecule has 1 aliphatic heterocycles. The lowest BCUT2D eigenvalue weighted by molar-refractivity contribution is -0.122. The van der Waals surface area contributed by atoms with Gasteiger partial charge in [-0.2, -0.15) is 0 Å². The Bertz CT molecular complexity index is 816. The van der Waals surface area contributed by atoms with Crippen LogP contribution in [0, 0.1) is 19.8 Å². The van der Waals surface area contributed by atoms with Crippen molar-refractivity contribution in [3.05, 3.63) is 29.3 Å². The average molecular weight is 360 g/mol. The minimum absolute atomic E-state index is 0.0192. The van der Waals surface area contributed by atoms with Crippen molar-refractivity contribution in [3.8, 4) is 0 Å². The Balaban J connectivity index is 1.94. The van der Waals surface area contributed by atoms with E-state index >= 15 is 0 Å². The van der Waals surface area contributed by atoms with Crippen LogP contribution in [-0.4, -0.2) is 34.2 Å². The molecule has 0 unspecified atom stereocenters. The van der Waals surface area contributed by atoms with Crippen molar-refractivity contribution < 1.29 is 21.6 Å². The van der Waals surface area contributed by atoms with E-state index in [4.69, 9.17) is 0 Å². The maximum atomic E-state index is 12.1. The molecule has 0 bridgehead atoms. The normalized spacial score (nSPS) is 20.3. The summed E-state index contributed by atoms with van der Waals surface area (Å²) in [6.45, 7) is 3.67. The zero-order valence-electron chi connectivity index (χ0n) is 13.0. The highest BCUT2D eigenvalue weighted by Gasteiger charge is 2.29. The van der Waals surface area contributed by atoms with Gasteiger partial charge >= 0.3 is 0 Å². The minimum Gasteiger partial charge on any atom is -0.278 e. The topological polar surface area (TPSA) is 109 Å². The molecule has 0 aromatic heterocycles. The van der Waals surface area contributed by atoms with Crippen LogP contribution in [0.2, 0.25) is 0 Å². The summed E-state index contributed by atoms with van der Waals surface area (Å²) in [6.07, 6.45) is 0.411. The van der Waals surface area contributed by atoms with Crippen LogP contribution in [0.1, 0.15) is 24.0 Å². The molecule has 23 heavy (non-hydrogen) atoms. The van der Waals surface area contributed by atoms with Crippen LogP contribution in [-0.2, 0) is 24.7 Å². The van der Waals surface area contributed by atoms with Crippen LogP contribution in [0.25, 0.3) is 0 Å². The van der Waals surface area contributed by atoms with E-state index in [0.717, 1.165) is 11.1 Å². The van der Waals surface area contributed by atoms with Gasteiger partial charge in [-0.25, -0.2) is 16.8 Å².